The van der Waals surface area contributed by atoms with E-state index >= 15 is 0 Å². The van der Waals surface area contributed by atoms with Crippen molar-refractivity contribution in [1.29, 1.82) is 0 Å². The molecule has 2 rings (SSSR count). The standard InChI is InChI=1S/C15H23N3O2/c1-12(18(8-10-19-2)9-11-20-3)15-16-13-6-4-5-7-14(13)17-15/h4-7,12H,8-11H2,1-3H3,(H,16,17). The number of aromatic nitrogens is 2. The molecule has 0 saturated heterocycles. The molecule has 0 fully saturated rings. The molecule has 1 aromatic heterocycles. The molecule has 20 heavy (non-hydrogen) atoms. The SMILES string of the molecule is COCCN(CCOC)C(C)c1nc2ccccc2[nH]1. The number of benzene rings is 1. The van der Waals surface area contributed by atoms with Gasteiger partial charge in [0.1, 0.15) is 5.82 Å². The van der Waals surface area contributed by atoms with Crippen LogP contribution >= 0.6 is 0 Å². The summed E-state index contributed by atoms with van der Waals surface area (Å²) in [7, 11) is 3.45. The van der Waals surface area contributed by atoms with Crippen LogP contribution in [0, 0.1) is 0 Å². The van der Waals surface area contributed by atoms with Crippen LogP contribution in [0.5, 0.6) is 0 Å². The number of nitrogens with zero attached hydrogens (tertiary/aromatic N) is 2. The third kappa shape index (κ3) is 3.56. The fourth-order valence-electron chi connectivity index (χ4n) is 2.26. The van der Waals surface area contributed by atoms with Crippen molar-refractivity contribution in [2.24, 2.45) is 0 Å². The van der Waals surface area contributed by atoms with Crippen LogP contribution in [0.2, 0.25) is 0 Å². The van der Waals surface area contributed by atoms with Gasteiger partial charge in [-0.1, -0.05) is 12.1 Å². The third-order valence-corrected chi connectivity index (χ3v) is 3.52. The monoisotopic (exact) mass is 277 g/mol. The van der Waals surface area contributed by atoms with Crippen LogP contribution in [0.25, 0.3) is 11.0 Å². The van der Waals surface area contributed by atoms with E-state index in [1.165, 1.54) is 0 Å². The quantitative estimate of drug-likeness (QED) is 0.804. The topological polar surface area (TPSA) is 50.4 Å². The molecule has 0 aliphatic heterocycles. The first kappa shape index (κ1) is 15.0. The number of rotatable bonds is 8. The van der Waals surface area contributed by atoms with E-state index in [2.05, 4.69) is 21.8 Å². The maximum absolute atomic E-state index is 5.18. The van der Waals surface area contributed by atoms with Crippen molar-refractivity contribution >= 4 is 11.0 Å². The number of H-pyrrole nitrogens is 1. The van der Waals surface area contributed by atoms with Crippen LogP contribution in [0.3, 0.4) is 0 Å². The van der Waals surface area contributed by atoms with Crippen LogP contribution < -0.4 is 0 Å². The van der Waals surface area contributed by atoms with Gasteiger partial charge in [-0.2, -0.15) is 0 Å². The number of aromatic amines is 1. The van der Waals surface area contributed by atoms with Crippen molar-refractivity contribution in [1.82, 2.24) is 14.9 Å². The highest BCUT2D eigenvalue weighted by Gasteiger charge is 2.18. The maximum atomic E-state index is 5.18. The molecule has 0 aliphatic rings. The van der Waals surface area contributed by atoms with Gasteiger partial charge in [0.25, 0.3) is 0 Å². The lowest BCUT2D eigenvalue weighted by atomic mass is 10.2. The first-order chi connectivity index (χ1) is 9.76. The summed E-state index contributed by atoms with van der Waals surface area (Å²) in [5, 5.41) is 0. The summed E-state index contributed by atoms with van der Waals surface area (Å²) < 4.78 is 10.4. The zero-order chi connectivity index (χ0) is 14.4. The Balaban J connectivity index is 2.13. The zero-order valence-electron chi connectivity index (χ0n) is 12.4. The summed E-state index contributed by atoms with van der Waals surface area (Å²) in [5.74, 6) is 0.985. The number of imidazole rings is 1. The molecule has 0 radical (unpaired) electrons. The lowest BCUT2D eigenvalue weighted by Gasteiger charge is -2.27. The minimum absolute atomic E-state index is 0.202. The molecule has 5 heteroatoms. The van der Waals surface area contributed by atoms with Gasteiger partial charge in [0.15, 0.2) is 0 Å². The van der Waals surface area contributed by atoms with Crippen LogP contribution in [0.15, 0.2) is 24.3 Å². The Bertz CT molecular complexity index is 486. The van der Waals surface area contributed by atoms with E-state index in [-0.39, 0.29) is 6.04 Å². The van der Waals surface area contributed by atoms with E-state index in [9.17, 15) is 0 Å². The molecule has 1 atom stereocenters. The summed E-state index contributed by atoms with van der Waals surface area (Å²) in [5.41, 5.74) is 2.08. The molecule has 1 unspecified atom stereocenters. The highest BCUT2D eigenvalue weighted by Crippen LogP contribution is 2.20. The van der Waals surface area contributed by atoms with E-state index in [4.69, 9.17) is 9.47 Å². The summed E-state index contributed by atoms with van der Waals surface area (Å²) in [6, 6.07) is 8.30. The molecule has 0 aliphatic carbocycles. The Morgan fingerprint density at radius 1 is 1.15 bits per heavy atom. The second kappa shape index (κ2) is 7.38. The van der Waals surface area contributed by atoms with Crippen LogP contribution in [-0.2, 0) is 9.47 Å². The van der Waals surface area contributed by atoms with E-state index < -0.39 is 0 Å². The summed E-state index contributed by atoms with van der Waals surface area (Å²) in [6.07, 6.45) is 0. The molecule has 1 aromatic carbocycles. The van der Waals surface area contributed by atoms with Crippen molar-refractivity contribution in [2.75, 3.05) is 40.5 Å². The molecule has 0 amide bonds. The average Bonchev–Trinajstić information content (AvgIpc) is 2.90. The van der Waals surface area contributed by atoms with Gasteiger partial charge >= 0.3 is 0 Å². The van der Waals surface area contributed by atoms with Crippen molar-refractivity contribution in [3.05, 3.63) is 30.1 Å². The summed E-state index contributed by atoms with van der Waals surface area (Å²) in [6.45, 7) is 5.28. The number of ether oxygens (including phenoxy) is 2. The highest BCUT2D eigenvalue weighted by atomic mass is 16.5. The predicted molar refractivity (Wildman–Crippen MR) is 79.8 cm³/mol. The molecule has 5 nitrogen and oxygen atoms in total. The van der Waals surface area contributed by atoms with Crippen molar-refractivity contribution in [3.63, 3.8) is 0 Å². The van der Waals surface area contributed by atoms with E-state index in [0.717, 1.165) is 29.9 Å². The molecule has 1 heterocycles. The van der Waals surface area contributed by atoms with Gasteiger partial charge in [-0.3, -0.25) is 4.90 Å². The normalized spacial score (nSPS) is 13.2. The maximum Gasteiger partial charge on any atom is 0.124 e. The number of nitrogens with one attached hydrogen (secondary N) is 1. The Morgan fingerprint density at radius 3 is 2.40 bits per heavy atom. The van der Waals surface area contributed by atoms with Crippen LogP contribution in [0.4, 0.5) is 0 Å². The Labute approximate surface area is 119 Å². The van der Waals surface area contributed by atoms with Gasteiger partial charge in [0.2, 0.25) is 0 Å². The molecular weight excluding hydrogens is 254 g/mol. The highest BCUT2D eigenvalue weighted by molar-refractivity contribution is 5.74. The molecule has 0 spiro atoms. The zero-order valence-corrected chi connectivity index (χ0v) is 12.4. The minimum Gasteiger partial charge on any atom is -0.383 e. The lowest BCUT2D eigenvalue weighted by Crippen LogP contribution is -2.33. The molecule has 0 bridgehead atoms. The van der Waals surface area contributed by atoms with Gasteiger partial charge in [-0.05, 0) is 19.1 Å². The van der Waals surface area contributed by atoms with Gasteiger partial charge in [0, 0.05) is 27.3 Å². The Morgan fingerprint density at radius 2 is 1.80 bits per heavy atom. The van der Waals surface area contributed by atoms with Crippen LogP contribution in [0.1, 0.15) is 18.8 Å². The Hall–Kier alpha value is -1.43. The summed E-state index contributed by atoms with van der Waals surface area (Å²) >= 11 is 0. The fraction of sp³-hybridized carbons (Fsp3) is 0.533. The smallest absolute Gasteiger partial charge is 0.124 e. The summed E-state index contributed by atoms with van der Waals surface area (Å²) in [4.78, 5) is 10.4. The van der Waals surface area contributed by atoms with Crippen molar-refractivity contribution in [2.45, 2.75) is 13.0 Å². The van der Waals surface area contributed by atoms with E-state index in [0.29, 0.717) is 13.2 Å². The number of hydrogen-bond acceptors (Lipinski definition) is 4. The Kier molecular flexibility index (Phi) is 5.52. The molecule has 1 N–H and O–H groups in total. The number of methoxy groups -OCH3 is 2. The number of fused-ring (bicyclic) bond motifs is 1. The van der Waals surface area contributed by atoms with E-state index in [1.54, 1.807) is 14.2 Å². The largest absolute Gasteiger partial charge is 0.383 e. The van der Waals surface area contributed by atoms with Gasteiger partial charge in [-0.25, -0.2) is 4.98 Å². The number of hydrogen-bond donors (Lipinski definition) is 1. The van der Waals surface area contributed by atoms with Gasteiger partial charge < -0.3 is 14.5 Å². The van der Waals surface area contributed by atoms with Gasteiger partial charge in [-0.15, -0.1) is 0 Å². The minimum atomic E-state index is 0.202. The molecular formula is C15H23N3O2. The predicted octanol–water partition coefficient (Wildman–Crippen LogP) is 2.22. The molecule has 2 aromatic rings. The molecule has 110 valence electrons. The fourth-order valence-corrected chi connectivity index (χ4v) is 2.26. The van der Waals surface area contributed by atoms with E-state index in [1.807, 2.05) is 24.3 Å². The van der Waals surface area contributed by atoms with Crippen molar-refractivity contribution < 1.29 is 9.47 Å². The lowest BCUT2D eigenvalue weighted by molar-refractivity contribution is 0.0899. The van der Waals surface area contributed by atoms with Crippen molar-refractivity contribution in [3.8, 4) is 0 Å². The second-order valence-corrected chi connectivity index (χ2v) is 4.84. The van der Waals surface area contributed by atoms with Gasteiger partial charge in [0.05, 0.1) is 30.3 Å². The number of para-hydroxylation sites is 2. The average molecular weight is 277 g/mol. The molecule has 0 saturated carbocycles. The first-order valence-electron chi connectivity index (χ1n) is 6.93. The van der Waals surface area contributed by atoms with Crippen LogP contribution in [-0.4, -0.2) is 55.4 Å². The first-order valence-corrected chi connectivity index (χ1v) is 6.93. The third-order valence-electron chi connectivity index (χ3n) is 3.52. The second-order valence-electron chi connectivity index (χ2n) is 4.84.